The zero-order valence-electron chi connectivity index (χ0n) is 12.3. The van der Waals surface area contributed by atoms with E-state index in [1.807, 2.05) is 12.3 Å². The molecule has 110 valence electrons. The Morgan fingerprint density at radius 1 is 1.35 bits per heavy atom. The second kappa shape index (κ2) is 7.62. The van der Waals surface area contributed by atoms with Crippen LogP contribution in [0, 0.1) is 6.92 Å². The second-order valence-electron chi connectivity index (χ2n) is 5.22. The predicted octanol–water partition coefficient (Wildman–Crippen LogP) is 4.17. The molecule has 20 heavy (non-hydrogen) atoms. The summed E-state index contributed by atoms with van der Waals surface area (Å²) in [5, 5.41) is 5.69. The van der Waals surface area contributed by atoms with Crippen molar-refractivity contribution in [3.8, 4) is 0 Å². The van der Waals surface area contributed by atoms with E-state index >= 15 is 0 Å². The zero-order chi connectivity index (χ0) is 14.4. The van der Waals surface area contributed by atoms with E-state index in [1.165, 1.54) is 16.0 Å². The Kier molecular flexibility index (Phi) is 5.83. The highest BCUT2D eigenvalue weighted by Gasteiger charge is 2.16. The summed E-state index contributed by atoms with van der Waals surface area (Å²) in [6.07, 6.45) is 6.70. The Bertz CT molecular complexity index is 492. The molecule has 0 fully saturated rings. The average Bonchev–Trinajstić information content (AvgIpc) is 3.10. The van der Waals surface area contributed by atoms with Crippen molar-refractivity contribution in [3.63, 3.8) is 0 Å². The molecule has 3 nitrogen and oxygen atoms in total. The van der Waals surface area contributed by atoms with Crippen molar-refractivity contribution in [2.24, 2.45) is 5.73 Å². The Labute approximate surface area is 125 Å². The highest BCUT2D eigenvalue weighted by Crippen LogP contribution is 2.28. The molecular weight excluding hydrogens is 268 g/mol. The standard InChI is InChI=1S/C16H24N2OS/c1-3-8-18-15(13-6-9-19-11-13)5-4-14(17)16-12(2)7-10-20-16/h6-7,9-11,14-15,18H,3-5,8,17H2,1-2H3. The van der Waals surface area contributed by atoms with Crippen molar-refractivity contribution >= 4 is 11.3 Å². The van der Waals surface area contributed by atoms with E-state index in [0.717, 1.165) is 25.8 Å². The van der Waals surface area contributed by atoms with E-state index < -0.39 is 0 Å². The van der Waals surface area contributed by atoms with Crippen molar-refractivity contribution in [2.45, 2.75) is 45.2 Å². The maximum Gasteiger partial charge on any atom is 0.0950 e. The third kappa shape index (κ3) is 3.95. The molecule has 0 aliphatic rings. The number of hydrogen-bond acceptors (Lipinski definition) is 4. The average molecular weight is 292 g/mol. The lowest BCUT2D eigenvalue weighted by molar-refractivity contribution is 0.455. The van der Waals surface area contributed by atoms with Gasteiger partial charge in [-0.05, 0) is 55.8 Å². The molecular formula is C16H24N2OS. The molecule has 2 unspecified atom stereocenters. The van der Waals surface area contributed by atoms with E-state index in [2.05, 4.69) is 30.6 Å². The summed E-state index contributed by atoms with van der Waals surface area (Å²) in [7, 11) is 0. The summed E-state index contributed by atoms with van der Waals surface area (Å²) >= 11 is 1.76. The first-order valence-corrected chi connectivity index (χ1v) is 8.15. The third-order valence-electron chi connectivity index (χ3n) is 3.59. The first-order chi connectivity index (χ1) is 9.72. The SMILES string of the molecule is CCCNC(CCC(N)c1sccc1C)c1ccoc1. The Morgan fingerprint density at radius 3 is 2.80 bits per heavy atom. The topological polar surface area (TPSA) is 51.2 Å². The van der Waals surface area contributed by atoms with Gasteiger partial charge in [0.2, 0.25) is 0 Å². The molecule has 0 spiro atoms. The van der Waals surface area contributed by atoms with Gasteiger partial charge in [-0.25, -0.2) is 0 Å². The molecule has 2 atom stereocenters. The number of thiophene rings is 1. The normalized spacial score (nSPS) is 14.3. The molecule has 3 N–H and O–H groups in total. The van der Waals surface area contributed by atoms with E-state index in [0.29, 0.717) is 6.04 Å². The lowest BCUT2D eigenvalue weighted by Crippen LogP contribution is -2.23. The molecule has 0 bridgehead atoms. The van der Waals surface area contributed by atoms with Gasteiger partial charge in [-0.3, -0.25) is 0 Å². The fourth-order valence-electron chi connectivity index (χ4n) is 2.42. The molecule has 0 aliphatic heterocycles. The van der Waals surface area contributed by atoms with E-state index in [-0.39, 0.29) is 6.04 Å². The lowest BCUT2D eigenvalue weighted by Gasteiger charge is -2.19. The Morgan fingerprint density at radius 2 is 2.20 bits per heavy atom. The summed E-state index contributed by atoms with van der Waals surface area (Å²) in [6, 6.07) is 4.64. The molecule has 0 aliphatic carbocycles. The van der Waals surface area contributed by atoms with Crippen LogP contribution in [0.1, 0.15) is 54.3 Å². The van der Waals surface area contributed by atoms with Gasteiger partial charge in [0.25, 0.3) is 0 Å². The Hall–Kier alpha value is -1.10. The molecule has 0 saturated carbocycles. The largest absolute Gasteiger partial charge is 0.472 e. The second-order valence-corrected chi connectivity index (χ2v) is 6.16. The van der Waals surface area contributed by atoms with Crippen LogP contribution in [0.5, 0.6) is 0 Å². The van der Waals surface area contributed by atoms with Crippen LogP contribution in [0.4, 0.5) is 0 Å². The summed E-state index contributed by atoms with van der Waals surface area (Å²) in [5.74, 6) is 0. The summed E-state index contributed by atoms with van der Waals surface area (Å²) < 4.78 is 5.20. The molecule has 0 radical (unpaired) electrons. The van der Waals surface area contributed by atoms with Crippen LogP contribution >= 0.6 is 11.3 Å². The van der Waals surface area contributed by atoms with Crippen LogP contribution < -0.4 is 11.1 Å². The van der Waals surface area contributed by atoms with E-state index in [1.54, 1.807) is 17.6 Å². The van der Waals surface area contributed by atoms with Crippen LogP contribution in [-0.4, -0.2) is 6.54 Å². The predicted molar refractivity (Wildman–Crippen MR) is 85.0 cm³/mol. The van der Waals surface area contributed by atoms with Gasteiger partial charge >= 0.3 is 0 Å². The maximum atomic E-state index is 6.33. The first kappa shape index (κ1) is 15.3. The molecule has 0 aromatic carbocycles. The number of hydrogen-bond donors (Lipinski definition) is 2. The zero-order valence-corrected chi connectivity index (χ0v) is 13.1. The number of furan rings is 1. The first-order valence-electron chi connectivity index (χ1n) is 7.27. The summed E-state index contributed by atoms with van der Waals surface area (Å²) in [4.78, 5) is 1.31. The monoisotopic (exact) mass is 292 g/mol. The lowest BCUT2D eigenvalue weighted by atomic mass is 10.00. The van der Waals surface area contributed by atoms with Gasteiger partial charge in [-0.2, -0.15) is 0 Å². The maximum absolute atomic E-state index is 6.33. The van der Waals surface area contributed by atoms with Gasteiger partial charge in [-0.15, -0.1) is 11.3 Å². The smallest absolute Gasteiger partial charge is 0.0950 e. The molecule has 2 heterocycles. The number of rotatable bonds is 8. The molecule has 0 saturated heterocycles. The van der Waals surface area contributed by atoms with Gasteiger partial charge in [0.05, 0.1) is 12.5 Å². The summed E-state index contributed by atoms with van der Waals surface area (Å²) in [5.41, 5.74) is 8.86. The minimum Gasteiger partial charge on any atom is -0.472 e. The highest BCUT2D eigenvalue weighted by atomic mass is 32.1. The van der Waals surface area contributed by atoms with Crippen molar-refractivity contribution in [1.29, 1.82) is 0 Å². The van der Waals surface area contributed by atoms with Gasteiger partial charge < -0.3 is 15.5 Å². The highest BCUT2D eigenvalue weighted by molar-refractivity contribution is 7.10. The minimum atomic E-state index is 0.132. The van der Waals surface area contributed by atoms with Crippen LogP contribution in [0.2, 0.25) is 0 Å². The number of aryl methyl sites for hydroxylation is 1. The van der Waals surface area contributed by atoms with Gasteiger partial charge in [-0.1, -0.05) is 6.92 Å². The van der Waals surface area contributed by atoms with Crippen molar-refractivity contribution in [3.05, 3.63) is 46.0 Å². The molecule has 4 heteroatoms. The van der Waals surface area contributed by atoms with Gasteiger partial charge in [0, 0.05) is 22.5 Å². The van der Waals surface area contributed by atoms with Crippen LogP contribution in [-0.2, 0) is 0 Å². The fraction of sp³-hybridized carbons (Fsp3) is 0.500. The number of nitrogens with one attached hydrogen (secondary N) is 1. The summed E-state index contributed by atoms with van der Waals surface area (Å²) in [6.45, 7) is 5.33. The van der Waals surface area contributed by atoms with Crippen molar-refractivity contribution in [2.75, 3.05) is 6.54 Å². The quantitative estimate of drug-likeness (QED) is 0.767. The molecule has 2 rings (SSSR count). The van der Waals surface area contributed by atoms with Crippen LogP contribution in [0.15, 0.2) is 34.5 Å². The fourth-order valence-corrected chi connectivity index (χ4v) is 3.39. The van der Waals surface area contributed by atoms with E-state index in [4.69, 9.17) is 10.2 Å². The minimum absolute atomic E-state index is 0.132. The van der Waals surface area contributed by atoms with Gasteiger partial charge in [0.15, 0.2) is 0 Å². The Balaban J connectivity index is 1.93. The third-order valence-corrected chi connectivity index (χ3v) is 4.74. The van der Waals surface area contributed by atoms with E-state index in [9.17, 15) is 0 Å². The molecule has 2 aromatic rings. The number of nitrogens with two attached hydrogens (primary N) is 1. The van der Waals surface area contributed by atoms with Crippen molar-refractivity contribution in [1.82, 2.24) is 5.32 Å². The van der Waals surface area contributed by atoms with Crippen molar-refractivity contribution < 1.29 is 4.42 Å². The van der Waals surface area contributed by atoms with Crippen LogP contribution in [0.25, 0.3) is 0 Å². The van der Waals surface area contributed by atoms with Gasteiger partial charge in [0.1, 0.15) is 0 Å². The van der Waals surface area contributed by atoms with Crippen LogP contribution in [0.3, 0.4) is 0 Å². The molecule has 2 aromatic heterocycles. The molecule has 0 amide bonds.